The first-order chi connectivity index (χ1) is 13.2. The Morgan fingerprint density at radius 2 is 1.71 bits per heavy atom. The average molecular weight is 402 g/mol. The molecule has 1 amide bonds. The molecule has 28 heavy (non-hydrogen) atoms. The van der Waals surface area contributed by atoms with Gasteiger partial charge in [0.25, 0.3) is 0 Å². The normalized spacial score (nSPS) is 12.2. The maximum atomic E-state index is 12.1. The number of thioether (sulfide) groups is 1. The van der Waals surface area contributed by atoms with E-state index in [2.05, 4.69) is 23.7 Å². The van der Waals surface area contributed by atoms with E-state index >= 15 is 0 Å². The topological polar surface area (TPSA) is 64.6 Å². The number of carbonyl (C=O) groups is 2. The first-order valence-electron chi connectivity index (χ1n) is 9.03. The molecule has 0 unspecified atom stereocenters. The van der Waals surface area contributed by atoms with E-state index in [-0.39, 0.29) is 0 Å². The molecule has 1 atom stereocenters. The molecule has 2 aromatic rings. The number of amides is 1. The number of nitrogens with one attached hydrogen (secondary N) is 1. The molecular weight excluding hydrogens is 374 g/mol. The second kappa shape index (κ2) is 9.64. The summed E-state index contributed by atoms with van der Waals surface area (Å²) in [6.45, 7) is 5.31. The van der Waals surface area contributed by atoms with E-state index in [9.17, 15) is 9.59 Å². The SMILES string of the molecule is COC(=O)[C@H](Cc1ccc(-c2ccccc2SC)cc1)NC(=O)OC(C)(C)C. The van der Waals surface area contributed by atoms with Gasteiger partial charge in [-0.25, -0.2) is 9.59 Å². The first kappa shape index (κ1) is 21.8. The van der Waals surface area contributed by atoms with Crippen LogP contribution in [0.1, 0.15) is 26.3 Å². The van der Waals surface area contributed by atoms with Crippen molar-refractivity contribution in [2.24, 2.45) is 0 Å². The maximum Gasteiger partial charge on any atom is 0.408 e. The fourth-order valence-corrected chi connectivity index (χ4v) is 3.35. The van der Waals surface area contributed by atoms with E-state index < -0.39 is 23.7 Å². The average Bonchev–Trinajstić information content (AvgIpc) is 2.66. The monoisotopic (exact) mass is 401 g/mol. The van der Waals surface area contributed by atoms with Gasteiger partial charge in [0, 0.05) is 11.3 Å². The van der Waals surface area contributed by atoms with Gasteiger partial charge in [0.15, 0.2) is 0 Å². The van der Waals surface area contributed by atoms with Crippen molar-refractivity contribution in [1.82, 2.24) is 5.32 Å². The predicted molar refractivity (Wildman–Crippen MR) is 113 cm³/mol. The summed E-state index contributed by atoms with van der Waals surface area (Å²) in [5.74, 6) is -0.511. The molecular formula is C22H27NO4S. The van der Waals surface area contributed by atoms with Crippen molar-refractivity contribution in [3.8, 4) is 11.1 Å². The fraction of sp³-hybridized carbons (Fsp3) is 0.364. The van der Waals surface area contributed by atoms with Crippen LogP contribution in [0.25, 0.3) is 11.1 Å². The van der Waals surface area contributed by atoms with Gasteiger partial charge in [-0.2, -0.15) is 0 Å². The highest BCUT2D eigenvalue weighted by Gasteiger charge is 2.25. The summed E-state index contributed by atoms with van der Waals surface area (Å²) in [6.07, 6.45) is 1.72. The van der Waals surface area contributed by atoms with Crippen LogP contribution >= 0.6 is 11.8 Å². The van der Waals surface area contributed by atoms with Crippen LogP contribution in [0.5, 0.6) is 0 Å². The molecule has 2 aromatic carbocycles. The zero-order valence-corrected chi connectivity index (χ0v) is 17.8. The van der Waals surface area contributed by atoms with E-state index in [1.807, 2.05) is 36.4 Å². The highest BCUT2D eigenvalue weighted by atomic mass is 32.2. The molecule has 5 nitrogen and oxygen atoms in total. The summed E-state index contributed by atoms with van der Waals surface area (Å²) >= 11 is 1.70. The molecule has 1 N–H and O–H groups in total. The molecule has 2 rings (SSSR count). The smallest absolute Gasteiger partial charge is 0.408 e. The fourth-order valence-electron chi connectivity index (χ4n) is 2.72. The van der Waals surface area contributed by atoms with Gasteiger partial charge >= 0.3 is 12.1 Å². The molecule has 6 heteroatoms. The molecule has 0 aliphatic heterocycles. The van der Waals surface area contributed by atoms with Crippen LogP contribution in [-0.2, 0) is 20.7 Å². The van der Waals surface area contributed by atoms with Crippen molar-refractivity contribution < 1.29 is 19.1 Å². The van der Waals surface area contributed by atoms with E-state index in [1.54, 1.807) is 32.5 Å². The van der Waals surface area contributed by atoms with Crippen LogP contribution in [-0.4, -0.2) is 37.1 Å². The van der Waals surface area contributed by atoms with E-state index in [1.165, 1.54) is 12.0 Å². The lowest BCUT2D eigenvalue weighted by Gasteiger charge is -2.22. The number of carbonyl (C=O) groups excluding carboxylic acids is 2. The van der Waals surface area contributed by atoms with Gasteiger partial charge in [0.1, 0.15) is 11.6 Å². The summed E-state index contributed by atoms with van der Waals surface area (Å²) in [5.41, 5.74) is 2.54. The Hall–Kier alpha value is -2.47. The number of alkyl carbamates (subject to hydrolysis) is 1. The zero-order valence-electron chi connectivity index (χ0n) is 16.9. The zero-order chi connectivity index (χ0) is 20.7. The Bertz CT molecular complexity index is 812. The summed E-state index contributed by atoms with van der Waals surface area (Å²) in [6, 6.07) is 15.3. The third-order valence-corrected chi connectivity index (χ3v) is 4.78. The third kappa shape index (κ3) is 6.30. The highest BCUT2D eigenvalue weighted by Crippen LogP contribution is 2.30. The molecule has 0 spiro atoms. The number of rotatable bonds is 6. The lowest BCUT2D eigenvalue weighted by molar-refractivity contribution is -0.143. The summed E-state index contributed by atoms with van der Waals surface area (Å²) in [7, 11) is 1.30. The third-order valence-electron chi connectivity index (χ3n) is 3.99. The molecule has 0 bridgehead atoms. The van der Waals surface area contributed by atoms with Crippen LogP contribution in [0, 0.1) is 0 Å². The lowest BCUT2D eigenvalue weighted by atomic mass is 10.0. The second-order valence-electron chi connectivity index (χ2n) is 7.32. The Balaban J connectivity index is 2.14. The van der Waals surface area contributed by atoms with Crippen molar-refractivity contribution in [2.45, 2.75) is 43.7 Å². The molecule has 0 aliphatic carbocycles. The van der Waals surface area contributed by atoms with Gasteiger partial charge in [-0.05, 0) is 49.8 Å². The van der Waals surface area contributed by atoms with Crippen LogP contribution < -0.4 is 5.32 Å². The van der Waals surface area contributed by atoms with E-state index in [0.717, 1.165) is 16.7 Å². The minimum absolute atomic E-state index is 0.316. The second-order valence-corrected chi connectivity index (χ2v) is 8.17. The molecule has 0 saturated heterocycles. The summed E-state index contributed by atoms with van der Waals surface area (Å²) in [4.78, 5) is 25.3. The molecule has 0 saturated carbocycles. The summed E-state index contributed by atoms with van der Waals surface area (Å²) < 4.78 is 10.1. The number of hydrogen-bond donors (Lipinski definition) is 1. The van der Waals surface area contributed by atoms with Crippen molar-refractivity contribution in [3.63, 3.8) is 0 Å². The predicted octanol–water partition coefficient (Wildman–Crippen LogP) is 4.68. The minimum Gasteiger partial charge on any atom is -0.467 e. The van der Waals surface area contributed by atoms with Crippen LogP contribution in [0.4, 0.5) is 4.79 Å². The van der Waals surface area contributed by atoms with Crippen molar-refractivity contribution in [1.29, 1.82) is 0 Å². The van der Waals surface area contributed by atoms with Gasteiger partial charge < -0.3 is 14.8 Å². The van der Waals surface area contributed by atoms with Crippen LogP contribution in [0.2, 0.25) is 0 Å². The van der Waals surface area contributed by atoms with Crippen LogP contribution in [0.15, 0.2) is 53.4 Å². The number of benzene rings is 2. The number of hydrogen-bond acceptors (Lipinski definition) is 5. The Morgan fingerprint density at radius 3 is 2.29 bits per heavy atom. The lowest BCUT2D eigenvalue weighted by Crippen LogP contribution is -2.45. The van der Waals surface area contributed by atoms with Gasteiger partial charge in [0.2, 0.25) is 0 Å². The molecule has 0 aliphatic rings. The first-order valence-corrected chi connectivity index (χ1v) is 10.3. The van der Waals surface area contributed by atoms with Crippen molar-refractivity contribution >= 4 is 23.8 Å². The molecule has 0 aromatic heterocycles. The highest BCUT2D eigenvalue weighted by molar-refractivity contribution is 7.98. The van der Waals surface area contributed by atoms with E-state index in [4.69, 9.17) is 9.47 Å². The largest absolute Gasteiger partial charge is 0.467 e. The quantitative estimate of drug-likeness (QED) is 0.562. The minimum atomic E-state index is -0.816. The van der Waals surface area contributed by atoms with Gasteiger partial charge in [-0.1, -0.05) is 42.5 Å². The van der Waals surface area contributed by atoms with Crippen molar-refractivity contribution in [2.75, 3.05) is 13.4 Å². The Kier molecular flexibility index (Phi) is 7.52. The van der Waals surface area contributed by atoms with E-state index in [0.29, 0.717) is 6.42 Å². The molecule has 0 radical (unpaired) electrons. The molecule has 0 fully saturated rings. The van der Waals surface area contributed by atoms with Gasteiger partial charge in [0.05, 0.1) is 7.11 Å². The Morgan fingerprint density at radius 1 is 1.07 bits per heavy atom. The van der Waals surface area contributed by atoms with Gasteiger partial charge in [-0.15, -0.1) is 11.8 Å². The molecule has 150 valence electrons. The maximum absolute atomic E-state index is 12.1. The standard InChI is InChI=1S/C22H27NO4S/c1-22(2,3)27-21(25)23-18(20(24)26-4)14-15-10-12-16(13-11-15)17-8-6-7-9-19(17)28-5/h6-13,18H,14H2,1-5H3,(H,23,25)/t18-/m0/s1. The Labute approximate surface area is 170 Å². The van der Waals surface area contributed by atoms with Gasteiger partial charge in [-0.3, -0.25) is 0 Å². The number of ether oxygens (including phenoxy) is 2. The number of esters is 1. The summed E-state index contributed by atoms with van der Waals surface area (Å²) in [5, 5.41) is 2.60. The molecule has 0 heterocycles. The number of methoxy groups -OCH3 is 1. The van der Waals surface area contributed by atoms with Crippen LogP contribution in [0.3, 0.4) is 0 Å². The van der Waals surface area contributed by atoms with Crippen molar-refractivity contribution in [3.05, 3.63) is 54.1 Å².